The maximum Gasteiger partial charge on any atom is 0.313 e. The molecule has 2 aliphatic rings. The van der Waals surface area contributed by atoms with E-state index >= 15 is 0 Å². The highest BCUT2D eigenvalue weighted by atomic mass is 79.9. The molecule has 3 rings (SSSR count). The van der Waals surface area contributed by atoms with Crippen molar-refractivity contribution in [2.75, 3.05) is 6.61 Å². The van der Waals surface area contributed by atoms with Crippen LogP contribution in [0.25, 0.3) is 0 Å². The van der Waals surface area contributed by atoms with Crippen molar-refractivity contribution in [2.24, 2.45) is 10.9 Å². The number of ketones is 1. The summed E-state index contributed by atoms with van der Waals surface area (Å²) >= 11 is 3.12. The average Bonchev–Trinajstić information content (AvgIpc) is 2.52. The van der Waals surface area contributed by atoms with Crippen molar-refractivity contribution < 1.29 is 23.8 Å². The molecule has 0 aromatic heterocycles. The van der Waals surface area contributed by atoms with E-state index in [-0.39, 0.29) is 16.9 Å². The van der Waals surface area contributed by atoms with Gasteiger partial charge in [-0.15, -0.1) is 0 Å². The van der Waals surface area contributed by atoms with Crippen LogP contribution < -0.4 is 0 Å². The molecule has 7 heteroatoms. The van der Waals surface area contributed by atoms with Gasteiger partial charge in [0.15, 0.2) is 5.78 Å². The first kappa shape index (κ1) is 17.0. The predicted molar refractivity (Wildman–Crippen MR) is 88.5 cm³/mol. The van der Waals surface area contributed by atoms with Gasteiger partial charge in [0.2, 0.25) is 0 Å². The van der Waals surface area contributed by atoms with Gasteiger partial charge in [0.25, 0.3) is 0 Å². The number of nitrogens with zero attached hydrogens (tertiary/aromatic N) is 1. The van der Waals surface area contributed by atoms with Gasteiger partial charge in [-0.1, -0.05) is 6.07 Å². The van der Waals surface area contributed by atoms with Gasteiger partial charge in [0.05, 0.1) is 16.3 Å². The van der Waals surface area contributed by atoms with Crippen LogP contribution in [0.4, 0.5) is 4.39 Å². The Kier molecular flexibility index (Phi) is 4.40. The van der Waals surface area contributed by atoms with Crippen LogP contribution in [0.1, 0.15) is 25.3 Å². The average molecular weight is 396 g/mol. The van der Waals surface area contributed by atoms with Gasteiger partial charge >= 0.3 is 5.97 Å². The number of aliphatic carboxylic acids is 1. The van der Waals surface area contributed by atoms with E-state index in [4.69, 9.17) is 4.74 Å². The molecule has 0 spiro atoms. The number of aliphatic imine (C=N–C) groups is 1. The summed E-state index contributed by atoms with van der Waals surface area (Å²) in [5.74, 6) is -3.50. The van der Waals surface area contributed by atoms with Crippen LogP contribution in [0.5, 0.6) is 0 Å². The highest BCUT2D eigenvalue weighted by molar-refractivity contribution is 9.10. The number of benzene rings is 1. The van der Waals surface area contributed by atoms with Crippen molar-refractivity contribution in [3.63, 3.8) is 0 Å². The Morgan fingerprint density at radius 2 is 2.17 bits per heavy atom. The quantitative estimate of drug-likeness (QED) is 0.834. The van der Waals surface area contributed by atoms with E-state index in [0.29, 0.717) is 22.5 Å². The smallest absolute Gasteiger partial charge is 0.313 e. The minimum Gasteiger partial charge on any atom is -0.481 e. The number of carbonyl (C=O) groups excluding carboxylic acids is 1. The van der Waals surface area contributed by atoms with Crippen LogP contribution in [0.3, 0.4) is 0 Å². The molecule has 5 nitrogen and oxygen atoms in total. The van der Waals surface area contributed by atoms with Crippen LogP contribution in [0, 0.1) is 11.7 Å². The third kappa shape index (κ3) is 2.71. The van der Waals surface area contributed by atoms with Gasteiger partial charge in [0.1, 0.15) is 18.3 Å². The zero-order valence-electron chi connectivity index (χ0n) is 13.0. The third-order valence-electron chi connectivity index (χ3n) is 4.39. The van der Waals surface area contributed by atoms with Crippen molar-refractivity contribution >= 4 is 33.4 Å². The molecule has 1 N–H and O–H groups in total. The van der Waals surface area contributed by atoms with Crippen molar-refractivity contribution in [3.8, 4) is 0 Å². The lowest BCUT2D eigenvalue weighted by Crippen LogP contribution is -2.40. The Bertz CT molecular complexity index is 802. The standard InChI is InChI=1S/C17H15BrFNO4/c1-7-13(17(22)23)14(9-3-4-11(19)10(18)5-9)15-12(21)6-24-8(2)16(15)20-7/h3-5,8,13-14H,6H2,1-2H3,(H,22,23). The van der Waals surface area contributed by atoms with Crippen LogP contribution in [-0.4, -0.2) is 35.3 Å². The van der Waals surface area contributed by atoms with Crippen molar-refractivity contribution in [2.45, 2.75) is 25.9 Å². The van der Waals surface area contributed by atoms with E-state index in [0.717, 1.165) is 0 Å². The fourth-order valence-electron chi connectivity index (χ4n) is 3.26. The van der Waals surface area contributed by atoms with Gasteiger partial charge in [-0.2, -0.15) is 0 Å². The molecule has 3 unspecified atom stereocenters. The Hall–Kier alpha value is -1.86. The molecule has 0 fully saturated rings. The van der Waals surface area contributed by atoms with Gasteiger partial charge in [0, 0.05) is 17.2 Å². The number of hydrogen-bond donors (Lipinski definition) is 1. The summed E-state index contributed by atoms with van der Waals surface area (Å²) in [4.78, 5) is 28.6. The van der Waals surface area contributed by atoms with E-state index < -0.39 is 29.7 Å². The van der Waals surface area contributed by atoms with Gasteiger partial charge < -0.3 is 9.84 Å². The fraction of sp³-hybridized carbons (Fsp3) is 0.353. The summed E-state index contributed by atoms with van der Waals surface area (Å²) in [6, 6.07) is 4.29. The van der Waals surface area contributed by atoms with Crippen molar-refractivity contribution in [1.82, 2.24) is 0 Å². The first-order valence-corrected chi connectivity index (χ1v) is 8.22. The Balaban J connectivity index is 2.24. The molecular weight excluding hydrogens is 381 g/mol. The molecule has 24 heavy (non-hydrogen) atoms. The number of carbonyl (C=O) groups is 2. The third-order valence-corrected chi connectivity index (χ3v) is 4.99. The summed E-state index contributed by atoms with van der Waals surface area (Å²) in [5, 5.41) is 9.67. The highest BCUT2D eigenvalue weighted by Gasteiger charge is 2.44. The van der Waals surface area contributed by atoms with Gasteiger partial charge in [-0.3, -0.25) is 14.6 Å². The molecule has 126 valence electrons. The topological polar surface area (TPSA) is 76.0 Å². The lowest BCUT2D eigenvalue weighted by Gasteiger charge is -2.35. The van der Waals surface area contributed by atoms with Crippen molar-refractivity contribution in [3.05, 3.63) is 45.3 Å². The highest BCUT2D eigenvalue weighted by Crippen LogP contribution is 2.42. The molecule has 0 bridgehead atoms. The molecule has 0 saturated carbocycles. The van der Waals surface area contributed by atoms with Gasteiger partial charge in [-0.25, -0.2) is 4.39 Å². The maximum absolute atomic E-state index is 13.6. The summed E-state index contributed by atoms with van der Waals surface area (Å²) in [6.07, 6.45) is -0.395. The van der Waals surface area contributed by atoms with Crippen LogP contribution in [0.15, 0.2) is 38.9 Å². The van der Waals surface area contributed by atoms with E-state index in [1.807, 2.05) is 0 Å². The number of Topliss-reactive ketones (excluding diaryl/α,β-unsaturated/α-hetero) is 1. The first-order chi connectivity index (χ1) is 11.3. The SMILES string of the molecule is CC1=NC2=C(C(=O)COC2C)C(c2ccc(F)c(Br)c2)C1C(=O)O. The zero-order chi connectivity index (χ0) is 17.6. The molecule has 0 aliphatic carbocycles. The minimum absolute atomic E-state index is 0.111. The molecule has 3 atom stereocenters. The largest absolute Gasteiger partial charge is 0.481 e. The number of ether oxygens (including phenoxy) is 1. The zero-order valence-corrected chi connectivity index (χ0v) is 14.6. The summed E-state index contributed by atoms with van der Waals surface area (Å²) in [5.41, 5.74) is 1.77. The van der Waals surface area contributed by atoms with E-state index in [9.17, 15) is 19.1 Å². The Morgan fingerprint density at radius 1 is 1.46 bits per heavy atom. The van der Waals surface area contributed by atoms with Crippen LogP contribution >= 0.6 is 15.9 Å². The molecule has 0 amide bonds. The van der Waals surface area contributed by atoms with Crippen LogP contribution in [-0.2, 0) is 14.3 Å². The minimum atomic E-state index is -1.07. The number of carboxylic acid groups (broad SMARTS) is 1. The first-order valence-electron chi connectivity index (χ1n) is 7.43. The second-order valence-electron chi connectivity index (χ2n) is 5.90. The summed E-state index contributed by atoms with van der Waals surface area (Å²) in [6.45, 7) is 3.29. The van der Waals surface area contributed by atoms with Gasteiger partial charge in [-0.05, 0) is 47.5 Å². The van der Waals surface area contributed by atoms with E-state index in [2.05, 4.69) is 20.9 Å². The monoisotopic (exact) mass is 395 g/mol. The normalized spacial score (nSPS) is 26.9. The second-order valence-corrected chi connectivity index (χ2v) is 6.75. The molecule has 0 radical (unpaired) electrons. The summed E-state index contributed by atoms with van der Waals surface area (Å²) in [7, 11) is 0. The van der Waals surface area contributed by atoms with Crippen molar-refractivity contribution in [1.29, 1.82) is 0 Å². The molecule has 1 aromatic carbocycles. The second kappa shape index (κ2) is 6.22. The number of rotatable bonds is 2. The van der Waals surface area contributed by atoms with E-state index in [1.165, 1.54) is 18.2 Å². The fourth-order valence-corrected chi connectivity index (χ4v) is 3.65. The van der Waals surface area contributed by atoms with Crippen LogP contribution in [0.2, 0.25) is 0 Å². The molecule has 1 aromatic rings. The Labute approximate surface area is 146 Å². The van der Waals surface area contributed by atoms with E-state index in [1.54, 1.807) is 13.8 Å². The molecule has 2 aliphatic heterocycles. The Morgan fingerprint density at radius 3 is 2.79 bits per heavy atom. The predicted octanol–water partition coefficient (Wildman–Crippen LogP) is 3.09. The summed E-state index contributed by atoms with van der Waals surface area (Å²) < 4.78 is 19.2. The number of hydrogen-bond acceptors (Lipinski definition) is 4. The molecule has 2 heterocycles. The maximum atomic E-state index is 13.6. The number of carboxylic acids is 1. The lowest BCUT2D eigenvalue weighted by molar-refractivity contribution is -0.140. The molecular formula is C17H15BrFNO4. The lowest BCUT2D eigenvalue weighted by atomic mass is 9.73. The molecule has 0 saturated heterocycles. The number of halogens is 2.